The monoisotopic (exact) mass is 287 g/mol. The van der Waals surface area contributed by atoms with Gasteiger partial charge in [0.25, 0.3) is 0 Å². The number of halogens is 1. The van der Waals surface area contributed by atoms with E-state index in [4.69, 9.17) is 0 Å². The van der Waals surface area contributed by atoms with Crippen molar-refractivity contribution in [2.75, 3.05) is 23.4 Å². The Morgan fingerprint density at radius 1 is 1.40 bits per heavy atom. The summed E-state index contributed by atoms with van der Waals surface area (Å²) in [5.74, 6) is 4.33. The van der Waals surface area contributed by atoms with Crippen molar-refractivity contribution in [2.24, 2.45) is 5.92 Å². The highest BCUT2D eigenvalue weighted by molar-refractivity contribution is 9.10. The van der Waals surface area contributed by atoms with Gasteiger partial charge in [-0.2, -0.15) is 11.8 Å². The van der Waals surface area contributed by atoms with Gasteiger partial charge in [0.2, 0.25) is 0 Å². The lowest BCUT2D eigenvalue weighted by Crippen LogP contribution is -2.19. The van der Waals surface area contributed by atoms with Crippen LogP contribution in [0, 0.1) is 5.92 Å². The maximum Gasteiger partial charge on any atom is 0.130 e. The third-order valence-electron chi connectivity index (χ3n) is 2.55. The minimum atomic E-state index is 0.806. The van der Waals surface area contributed by atoms with Crippen LogP contribution in [0.1, 0.15) is 12.8 Å². The van der Waals surface area contributed by atoms with Gasteiger partial charge in [-0.25, -0.2) is 9.97 Å². The molecule has 1 aromatic rings. The quantitative estimate of drug-likeness (QED) is 0.868. The van der Waals surface area contributed by atoms with E-state index in [1.54, 1.807) is 6.33 Å². The minimum absolute atomic E-state index is 0.806. The molecular formula is C10H14BrN3S. The van der Waals surface area contributed by atoms with Crippen LogP contribution in [0.3, 0.4) is 0 Å². The maximum absolute atomic E-state index is 4.17. The van der Waals surface area contributed by atoms with Gasteiger partial charge in [-0.1, -0.05) is 0 Å². The van der Waals surface area contributed by atoms with Gasteiger partial charge in [-0.15, -0.1) is 0 Å². The van der Waals surface area contributed by atoms with E-state index in [0.29, 0.717) is 0 Å². The lowest BCUT2D eigenvalue weighted by molar-refractivity contribution is 0.515. The van der Waals surface area contributed by atoms with Gasteiger partial charge in [0.05, 0.1) is 0 Å². The molecule has 82 valence electrons. The van der Waals surface area contributed by atoms with Crippen LogP contribution >= 0.6 is 27.7 Å². The molecule has 5 heteroatoms. The van der Waals surface area contributed by atoms with E-state index in [9.17, 15) is 0 Å². The van der Waals surface area contributed by atoms with Crippen molar-refractivity contribution >= 4 is 33.5 Å². The molecule has 1 N–H and O–H groups in total. The Balaban J connectivity index is 1.81. The molecule has 0 unspecified atom stereocenters. The zero-order valence-electron chi connectivity index (χ0n) is 8.45. The number of nitrogens with one attached hydrogen (secondary N) is 1. The molecule has 0 aromatic carbocycles. The summed E-state index contributed by atoms with van der Waals surface area (Å²) in [7, 11) is 0. The average molecular weight is 288 g/mol. The number of nitrogens with zero attached hydrogens (tertiary/aromatic N) is 2. The van der Waals surface area contributed by atoms with E-state index < -0.39 is 0 Å². The fraction of sp³-hybridized carbons (Fsp3) is 0.600. The minimum Gasteiger partial charge on any atom is -0.370 e. The van der Waals surface area contributed by atoms with Crippen molar-refractivity contribution in [2.45, 2.75) is 12.8 Å². The Kier molecular flexibility index (Phi) is 4.26. The summed E-state index contributed by atoms with van der Waals surface area (Å²) < 4.78 is 0.833. The third-order valence-corrected chi connectivity index (χ3v) is 4.03. The molecule has 1 aliphatic heterocycles. The number of rotatable bonds is 3. The number of thioether (sulfide) groups is 1. The highest BCUT2D eigenvalue weighted by Crippen LogP contribution is 2.22. The average Bonchev–Trinajstić information content (AvgIpc) is 2.28. The van der Waals surface area contributed by atoms with Gasteiger partial charge >= 0.3 is 0 Å². The van der Waals surface area contributed by atoms with Crippen LogP contribution < -0.4 is 5.32 Å². The molecule has 0 atom stereocenters. The standard InChI is InChI=1S/C10H14BrN3S/c11-9-5-10(14-7-13-9)12-6-8-1-3-15-4-2-8/h5,7-8H,1-4,6H2,(H,12,13,14). The second-order valence-electron chi connectivity index (χ2n) is 3.66. The van der Waals surface area contributed by atoms with Gasteiger partial charge in [-0.3, -0.25) is 0 Å². The maximum atomic E-state index is 4.17. The van der Waals surface area contributed by atoms with Crippen molar-refractivity contribution < 1.29 is 0 Å². The van der Waals surface area contributed by atoms with Crippen molar-refractivity contribution in [3.8, 4) is 0 Å². The fourth-order valence-corrected chi connectivity index (χ4v) is 3.14. The van der Waals surface area contributed by atoms with Crippen LogP contribution in [-0.4, -0.2) is 28.0 Å². The molecule has 15 heavy (non-hydrogen) atoms. The summed E-state index contributed by atoms with van der Waals surface area (Å²) in [5, 5.41) is 3.36. The Hall–Kier alpha value is -0.290. The molecular weight excluding hydrogens is 274 g/mol. The van der Waals surface area contributed by atoms with Crippen molar-refractivity contribution in [1.29, 1.82) is 0 Å². The summed E-state index contributed by atoms with van der Waals surface area (Å²) in [6.45, 7) is 1.03. The predicted molar refractivity (Wildman–Crippen MR) is 68.3 cm³/mol. The molecule has 0 saturated carbocycles. The molecule has 1 aliphatic rings. The van der Waals surface area contributed by atoms with Gasteiger partial charge < -0.3 is 5.32 Å². The predicted octanol–water partition coefficient (Wildman–Crippen LogP) is 2.79. The van der Waals surface area contributed by atoms with Crippen LogP contribution in [0.2, 0.25) is 0 Å². The molecule has 1 saturated heterocycles. The molecule has 0 spiro atoms. The Bertz CT molecular complexity index is 315. The zero-order chi connectivity index (χ0) is 10.5. The Morgan fingerprint density at radius 3 is 2.93 bits per heavy atom. The van der Waals surface area contributed by atoms with Crippen LogP contribution in [0.5, 0.6) is 0 Å². The highest BCUT2D eigenvalue weighted by Gasteiger charge is 2.13. The fourth-order valence-electron chi connectivity index (χ4n) is 1.63. The van der Waals surface area contributed by atoms with Gasteiger partial charge in [0.1, 0.15) is 16.7 Å². The Labute approximate surface area is 103 Å². The number of aromatic nitrogens is 2. The zero-order valence-corrected chi connectivity index (χ0v) is 10.9. The Morgan fingerprint density at radius 2 is 2.20 bits per heavy atom. The van der Waals surface area contributed by atoms with Crippen LogP contribution in [0.15, 0.2) is 17.0 Å². The van der Waals surface area contributed by atoms with Crippen molar-refractivity contribution in [3.63, 3.8) is 0 Å². The van der Waals surface area contributed by atoms with E-state index in [1.807, 2.05) is 6.07 Å². The molecule has 0 aliphatic carbocycles. The second kappa shape index (κ2) is 5.70. The molecule has 3 nitrogen and oxygen atoms in total. The highest BCUT2D eigenvalue weighted by atomic mass is 79.9. The first kappa shape index (κ1) is 11.2. The SMILES string of the molecule is Brc1cc(NCC2CCSCC2)ncn1. The summed E-state index contributed by atoms with van der Waals surface area (Å²) in [6.07, 6.45) is 4.22. The molecule has 1 aromatic heterocycles. The first-order chi connectivity index (χ1) is 7.34. The summed E-state index contributed by atoms with van der Waals surface area (Å²) in [4.78, 5) is 8.16. The normalized spacial score (nSPS) is 17.7. The number of anilines is 1. The smallest absolute Gasteiger partial charge is 0.130 e. The summed E-state index contributed by atoms with van der Waals surface area (Å²) in [6, 6.07) is 1.91. The van der Waals surface area contributed by atoms with E-state index >= 15 is 0 Å². The molecule has 0 amide bonds. The second-order valence-corrected chi connectivity index (χ2v) is 5.70. The molecule has 0 bridgehead atoms. The van der Waals surface area contributed by atoms with E-state index in [-0.39, 0.29) is 0 Å². The first-order valence-corrected chi connectivity index (χ1v) is 7.08. The molecule has 2 rings (SSSR count). The van der Waals surface area contributed by atoms with E-state index in [2.05, 4.69) is 43.0 Å². The lowest BCUT2D eigenvalue weighted by atomic mass is 10.0. The topological polar surface area (TPSA) is 37.8 Å². The number of hydrogen-bond donors (Lipinski definition) is 1. The summed E-state index contributed by atoms with van der Waals surface area (Å²) in [5.41, 5.74) is 0. The van der Waals surface area contributed by atoms with Crippen molar-refractivity contribution in [3.05, 3.63) is 17.0 Å². The largest absolute Gasteiger partial charge is 0.370 e. The van der Waals surface area contributed by atoms with Crippen molar-refractivity contribution in [1.82, 2.24) is 9.97 Å². The first-order valence-electron chi connectivity index (χ1n) is 5.14. The van der Waals surface area contributed by atoms with Gasteiger partial charge in [0.15, 0.2) is 0 Å². The van der Waals surface area contributed by atoms with E-state index in [0.717, 1.165) is 22.9 Å². The van der Waals surface area contributed by atoms with Gasteiger partial charge in [-0.05, 0) is 46.2 Å². The van der Waals surface area contributed by atoms with Crippen LogP contribution in [0.4, 0.5) is 5.82 Å². The number of hydrogen-bond acceptors (Lipinski definition) is 4. The third kappa shape index (κ3) is 3.65. The van der Waals surface area contributed by atoms with E-state index in [1.165, 1.54) is 24.3 Å². The molecule has 0 radical (unpaired) electrons. The van der Waals surface area contributed by atoms with Crippen LogP contribution in [0.25, 0.3) is 0 Å². The van der Waals surface area contributed by atoms with Crippen LogP contribution in [-0.2, 0) is 0 Å². The summed E-state index contributed by atoms with van der Waals surface area (Å²) >= 11 is 5.40. The molecule has 1 fully saturated rings. The van der Waals surface area contributed by atoms with Gasteiger partial charge in [0, 0.05) is 12.6 Å². The molecule has 2 heterocycles. The lowest BCUT2D eigenvalue weighted by Gasteiger charge is -2.21.